The number of carbonyl (C=O) groups is 1. The molecule has 0 aromatic heterocycles. The number of ether oxygens (including phenoxy) is 1. The molecular weight excluding hydrogens is 405 g/mol. The first-order chi connectivity index (χ1) is 13.4. The second-order valence-corrected chi connectivity index (χ2v) is 7.26. The van der Waals surface area contributed by atoms with Crippen LogP contribution in [0.5, 0.6) is 5.75 Å². The van der Waals surface area contributed by atoms with Crippen molar-refractivity contribution in [1.29, 1.82) is 0 Å². The molecule has 28 heavy (non-hydrogen) atoms. The van der Waals surface area contributed by atoms with Gasteiger partial charge in [-0.3, -0.25) is 19.8 Å². The minimum Gasteiger partial charge on any atom is -0.484 e. The van der Waals surface area contributed by atoms with Crippen LogP contribution in [0.25, 0.3) is 0 Å². The van der Waals surface area contributed by atoms with E-state index in [1.165, 1.54) is 6.07 Å². The molecule has 0 radical (unpaired) electrons. The van der Waals surface area contributed by atoms with Gasteiger partial charge >= 0.3 is 0 Å². The molecule has 1 aliphatic heterocycles. The van der Waals surface area contributed by atoms with Crippen molar-refractivity contribution in [1.82, 2.24) is 9.80 Å². The van der Waals surface area contributed by atoms with E-state index in [1.807, 2.05) is 6.07 Å². The molecule has 0 N–H and O–H groups in total. The van der Waals surface area contributed by atoms with Gasteiger partial charge < -0.3 is 9.64 Å². The maximum absolute atomic E-state index is 12.4. The minimum absolute atomic E-state index is 0.0666. The molecule has 1 aliphatic rings. The zero-order valence-corrected chi connectivity index (χ0v) is 16.5. The first-order valence-electron chi connectivity index (χ1n) is 8.73. The molecule has 1 heterocycles. The van der Waals surface area contributed by atoms with Crippen molar-refractivity contribution in [3.8, 4) is 5.75 Å². The third-order valence-electron chi connectivity index (χ3n) is 4.51. The van der Waals surface area contributed by atoms with E-state index in [0.717, 1.165) is 5.56 Å². The highest BCUT2D eigenvalue weighted by Gasteiger charge is 2.22. The van der Waals surface area contributed by atoms with Crippen LogP contribution >= 0.6 is 23.2 Å². The Balaban J connectivity index is 1.46. The highest BCUT2D eigenvalue weighted by Crippen LogP contribution is 2.26. The topological polar surface area (TPSA) is 75.9 Å². The van der Waals surface area contributed by atoms with Gasteiger partial charge in [-0.15, -0.1) is 0 Å². The van der Waals surface area contributed by atoms with Gasteiger partial charge in [0.15, 0.2) is 6.61 Å². The normalized spacial score (nSPS) is 14.7. The Bertz CT molecular complexity index is 870. The lowest BCUT2D eigenvalue weighted by Gasteiger charge is -2.34. The molecule has 0 spiro atoms. The second-order valence-electron chi connectivity index (χ2n) is 6.45. The van der Waals surface area contributed by atoms with E-state index in [9.17, 15) is 14.9 Å². The molecule has 1 amide bonds. The van der Waals surface area contributed by atoms with Gasteiger partial charge in [0.1, 0.15) is 5.75 Å². The van der Waals surface area contributed by atoms with Gasteiger partial charge in [-0.1, -0.05) is 35.3 Å². The molecular formula is C19H19Cl2N3O4. The number of rotatable bonds is 6. The van der Waals surface area contributed by atoms with Crippen LogP contribution in [0.15, 0.2) is 42.5 Å². The molecule has 0 unspecified atom stereocenters. The van der Waals surface area contributed by atoms with Crippen molar-refractivity contribution in [2.45, 2.75) is 6.54 Å². The number of non-ortho nitro benzene ring substituents is 1. The van der Waals surface area contributed by atoms with Gasteiger partial charge in [0, 0.05) is 50.9 Å². The lowest BCUT2D eigenvalue weighted by atomic mass is 10.1. The molecule has 2 aromatic carbocycles. The number of nitro benzene ring substituents is 1. The summed E-state index contributed by atoms with van der Waals surface area (Å²) in [5.41, 5.74) is 0.975. The van der Waals surface area contributed by atoms with Crippen molar-refractivity contribution >= 4 is 34.8 Å². The summed E-state index contributed by atoms with van der Waals surface area (Å²) in [5.74, 6) is 0.396. The number of hydrogen-bond donors (Lipinski definition) is 0. The van der Waals surface area contributed by atoms with Crippen molar-refractivity contribution < 1.29 is 14.5 Å². The smallest absolute Gasteiger partial charge is 0.269 e. The fourth-order valence-corrected chi connectivity index (χ4v) is 3.27. The molecule has 0 bridgehead atoms. The van der Waals surface area contributed by atoms with Gasteiger partial charge in [-0.05, 0) is 17.7 Å². The quantitative estimate of drug-likeness (QED) is 0.523. The summed E-state index contributed by atoms with van der Waals surface area (Å²) in [7, 11) is 0. The Hall–Kier alpha value is -2.35. The molecule has 0 atom stereocenters. The first kappa shape index (κ1) is 20.4. The van der Waals surface area contributed by atoms with E-state index in [-0.39, 0.29) is 18.2 Å². The van der Waals surface area contributed by atoms with Crippen molar-refractivity contribution in [3.05, 3.63) is 68.2 Å². The highest BCUT2D eigenvalue weighted by atomic mass is 35.5. The minimum atomic E-state index is -0.395. The third-order valence-corrected chi connectivity index (χ3v) is 5.24. The van der Waals surface area contributed by atoms with Crippen LogP contribution in [0, 0.1) is 10.1 Å². The summed E-state index contributed by atoms with van der Waals surface area (Å²) >= 11 is 11.8. The standard InChI is InChI=1S/C19H19Cl2N3O4/c20-17-5-4-16(11-18(17)21)28-13-19(25)23-8-6-22(7-9-23)12-14-2-1-3-15(10-14)24(26)27/h1-5,10-11H,6-9,12-13H2. The molecule has 7 nitrogen and oxygen atoms in total. The fraction of sp³-hybridized carbons (Fsp3) is 0.316. The van der Waals surface area contributed by atoms with Crippen LogP contribution in [0.2, 0.25) is 10.0 Å². The average molecular weight is 424 g/mol. The lowest BCUT2D eigenvalue weighted by molar-refractivity contribution is -0.384. The summed E-state index contributed by atoms with van der Waals surface area (Å²) < 4.78 is 5.50. The Kier molecular flexibility index (Phi) is 6.72. The maximum atomic E-state index is 12.4. The van der Waals surface area contributed by atoms with Crippen molar-refractivity contribution in [3.63, 3.8) is 0 Å². The number of amides is 1. The molecule has 2 aromatic rings. The van der Waals surface area contributed by atoms with Gasteiger partial charge in [0.05, 0.1) is 15.0 Å². The number of nitrogens with zero attached hydrogens (tertiary/aromatic N) is 3. The van der Waals surface area contributed by atoms with E-state index in [1.54, 1.807) is 35.2 Å². The number of carbonyl (C=O) groups excluding carboxylic acids is 1. The lowest BCUT2D eigenvalue weighted by Crippen LogP contribution is -2.49. The van der Waals surface area contributed by atoms with Crippen LogP contribution < -0.4 is 4.74 Å². The molecule has 0 aliphatic carbocycles. The largest absolute Gasteiger partial charge is 0.484 e. The SMILES string of the molecule is O=C(COc1ccc(Cl)c(Cl)c1)N1CCN(Cc2cccc([N+](=O)[O-])c2)CC1. The second kappa shape index (κ2) is 9.23. The third kappa shape index (κ3) is 5.34. The van der Waals surface area contributed by atoms with E-state index < -0.39 is 4.92 Å². The van der Waals surface area contributed by atoms with E-state index in [4.69, 9.17) is 27.9 Å². The first-order valence-corrected chi connectivity index (χ1v) is 9.49. The number of benzene rings is 2. The van der Waals surface area contributed by atoms with Gasteiger partial charge in [-0.25, -0.2) is 0 Å². The number of hydrogen-bond acceptors (Lipinski definition) is 5. The fourth-order valence-electron chi connectivity index (χ4n) is 2.98. The number of piperazine rings is 1. The van der Waals surface area contributed by atoms with Crippen LogP contribution in [0.1, 0.15) is 5.56 Å². The molecule has 3 rings (SSSR count). The highest BCUT2D eigenvalue weighted by molar-refractivity contribution is 6.42. The molecule has 1 fully saturated rings. The van der Waals surface area contributed by atoms with Gasteiger partial charge in [0.25, 0.3) is 11.6 Å². The van der Waals surface area contributed by atoms with Crippen molar-refractivity contribution in [2.24, 2.45) is 0 Å². The Labute approximate surface area is 172 Å². The number of halogens is 2. The summed E-state index contributed by atoms with van der Waals surface area (Å²) in [6.45, 7) is 3.10. The Morgan fingerprint density at radius 2 is 1.82 bits per heavy atom. The summed E-state index contributed by atoms with van der Waals surface area (Å²) in [4.78, 5) is 26.8. The van der Waals surface area contributed by atoms with Crippen LogP contribution in [-0.4, -0.2) is 53.4 Å². The predicted octanol–water partition coefficient (Wildman–Crippen LogP) is 3.62. The maximum Gasteiger partial charge on any atom is 0.269 e. The van der Waals surface area contributed by atoms with E-state index >= 15 is 0 Å². The van der Waals surface area contributed by atoms with Crippen LogP contribution in [0.3, 0.4) is 0 Å². The number of nitro groups is 1. The van der Waals surface area contributed by atoms with E-state index in [2.05, 4.69) is 4.90 Å². The molecule has 1 saturated heterocycles. The molecule has 9 heteroatoms. The van der Waals surface area contributed by atoms with Gasteiger partial charge in [0.2, 0.25) is 0 Å². The van der Waals surface area contributed by atoms with Crippen LogP contribution in [0.4, 0.5) is 5.69 Å². The average Bonchev–Trinajstić information content (AvgIpc) is 2.69. The Morgan fingerprint density at radius 1 is 1.07 bits per heavy atom. The van der Waals surface area contributed by atoms with E-state index in [0.29, 0.717) is 48.5 Å². The zero-order chi connectivity index (χ0) is 20.1. The molecule has 148 valence electrons. The predicted molar refractivity (Wildman–Crippen MR) is 107 cm³/mol. The molecule has 0 saturated carbocycles. The summed E-state index contributed by atoms with van der Waals surface area (Å²) in [5, 5.41) is 11.7. The monoisotopic (exact) mass is 423 g/mol. The summed E-state index contributed by atoms with van der Waals surface area (Å²) in [6, 6.07) is 11.5. The summed E-state index contributed by atoms with van der Waals surface area (Å²) in [6.07, 6.45) is 0. The van der Waals surface area contributed by atoms with Crippen molar-refractivity contribution in [2.75, 3.05) is 32.8 Å². The van der Waals surface area contributed by atoms with Crippen LogP contribution in [-0.2, 0) is 11.3 Å². The van der Waals surface area contributed by atoms with Gasteiger partial charge in [-0.2, -0.15) is 0 Å². The zero-order valence-electron chi connectivity index (χ0n) is 15.0. The Morgan fingerprint density at radius 3 is 2.50 bits per heavy atom.